The standard InChI is InChI=1S/C21H26N4O3/c26-17(15-27-20-5-3-4-19-18(20)12-23-24-19)13-25-10-7-16(8-11-25)14-28-21-6-1-2-9-22-21/h1-6,9,12,16-17,26H,7-8,10-11,13-15H2,(H,23,24). The number of aliphatic hydroxyl groups excluding tert-OH is 1. The molecular formula is C21H26N4O3. The maximum absolute atomic E-state index is 10.4. The summed E-state index contributed by atoms with van der Waals surface area (Å²) in [4.78, 5) is 6.49. The smallest absolute Gasteiger partial charge is 0.213 e. The lowest BCUT2D eigenvalue weighted by atomic mass is 9.97. The second-order valence-corrected chi connectivity index (χ2v) is 7.28. The molecule has 0 saturated carbocycles. The lowest BCUT2D eigenvalue weighted by molar-refractivity contribution is 0.0505. The van der Waals surface area contributed by atoms with Crippen LogP contribution in [-0.4, -0.2) is 64.1 Å². The lowest BCUT2D eigenvalue weighted by Gasteiger charge is -2.32. The number of aromatic amines is 1. The molecule has 4 rings (SSSR count). The van der Waals surface area contributed by atoms with Crippen LogP contribution < -0.4 is 9.47 Å². The lowest BCUT2D eigenvalue weighted by Crippen LogP contribution is -2.41. The van der Waals surface area contributed by atoms with E-state index in [1.807, 2.05) is 36.4 Å². The first-order valence-corrected chi connectivity index (χ1v) is 9.77. The average molecular weight is 382 g/mol. The highest BCUT2D eigenvalue weighted by Gasteiger charge is 2.22. The Labute approximate surface area is 164 Å². The first-order chi connectivity index (χ1) is 13.8. The third-order valence-electron chi connectivity index (χ3n) is 5.16. The Hall–Kier alpha value is -2.64. The molecule has 0 aliphatic carbocycles. The fourth-order valence-electron chi connectivity index (χ4n) is 3.58. The molecule has 2 N–H and O–H groups in total. The van der Waals surface area contributed by atoms with E-state index in [1.54, 1.807) is 12.4 Å². The third-order valence-corrected chi connectivity index (χ3v) is 5.16. The van der Waals surface area contributed by atoms with E-state index in [4.69, 9.17) is 9.47 Å². The van der Waals surface area contributed by atoms with Crippen molar-refractivity contribution < 1.29 is 14.6 Å². The largest absolute Gasteiger partial charge is 0.490 e. The molecule has 1 aromatic carbocycles. The number of rotatable bonds is 8. The Morgan fingerprint density at radius 3 is 2.86 bits per heavy atom. The highest BCUT2D eigenvalue weighted by molar-refractivity contribution is 5.84. The molecule has 1 fully saturated rings. The predicted octanol–water partition coefficient (Wildman–Crippen LogP) is 2.49. The van der Waals surface area contributed by atoms with E-state index in [-0.39, 0.29) is 6.61 Å². The number of hydrogen-bond donors (Lipinski definition) is 2. The zero-order valence-corrected chi connectivity index (χ0v) is 15.8. The SMILES string of the molecule is OC(COc1cccc2[nH]ncc12)CN1CCC(COc2ccccn2)CC1. The van der Waals surface area contributed by atoms with Gasteiger partial charge in [0.05, 0.1) is 23.7 Å². The van der Waals surface area contributed by atoms with Crippen molar-refractivity contribution in [1.82, 2.24) is 20.1 Å². The van der Waals surface area contributed by atoms with Crippen LogP contribution in [0.2, 0.25) is 0 Å². The van der Waals surface area contributed by atoms with Crippen LogP contribution in [-0.2, 0) is 0 Å². The Morgan fingerprint density at radius 1 is 1.14 bits per heavy atom. The van der Waals surface area contributed by atoms with Gasteiger partial charge in [-0.25, -0.2) is 4.98 Å². The minimum atomic E-state index is -0.525. The first kappa shape index (κ1) is 18.7. The van der Waals surface area contributed by atoms with Crippen molar-refractivity contribution in [2.24, 2.45) is 5.92 Å². The van der Waals surface area contributed by atoms with Crippen molar-refractivity contribution in [3.05, 3.63) is 48.8 Å². The molecule has 7 heteroatoms. The fraction of sp³-hybridized carbons (Fsp3) is 0.429. The summed E-state index contributed by atoms with van der Waals surface area (Å²) in [6, 6.07) is 11.5. The minimum absolute atomic E-state index is 0.271. The molecule has 28 heavy (non-hydrogen) atoms. The van der Waals surface area contributed by atoms with E-state index in [0.29, 0.717) is 24.9 Å². The summed E-state index contributed by atoms with van der Waals surface area (Å²) in [7, 11) is 0. The van der Waals surface area contributed by atoms with Crippen LogP contribution in [0.3, 0.4) is 0 Å². The highest BCUT2D eigenvalue weighted by Crippen LogP contribution is 2.24. The molecule has 1 aliphatic heterocycles. The minimum Gasteiger partial charge on any atom is -0.490 e. The Morgan fingerprint density at radius 2 is 2.04 bits per heavy atom. The molecule has 0 amide bonds. The van der Waals surface area contributed by atoms with Gasteiger partial charge >= 0.3 is 0 Å². The van der Waals surface area contributed by atoms with Crippen LogP contribution in [0.1, 0.15) is 12.8 Å². The maximum Gasteiger partial charge on any atom is 0.213 e. The number of hydrogen-bond acceptors (Lipinski definition) is 6. The number of benzene rings is 1. The van der Waals surface area contributed by atoms with E-state index < -0.39 is 6.10 Å². The van der Waals surface area contributed by atoms with Gasteiger partial charge in [0.15, 0.2) is 0 Å². The number of aromatic nitrogens is 3. The van der Waals surface area contributed by atoms with Crippen LogP contribution in [0.15, 0.2) is 48.8 Å². The monoisotopic (exact) mass is 382 g/mol. The maximum atomic E-state index is 10.4. The summed E-state index contributed by atoms with van der Waals surface area (Å²) in [5, 5.41) is 18.3. The number of fused-ring (bicyclic) bond motifs is 1. The van der Waals surface area contributed by atoms with Gasteiger partial charge in [0.1, 0.15) is 18.5 Å². The normalized spacial score (nSPS) is 16.9. The molecule has 1 atom stereocenters. The Balaban J connectivity index is 1.18. The number of likely N-dealkylation sites (tertiary alicyclic amines) is 1. The molecule has 0 bridgehead atoms. The number of aliphatic hydroxyl groups is 1. The van der Waals surface area contributed by atoms with Crippen molar-refractivity contribution >= 4 is 10.9 Å². The quantitative estimate of drug-likeness (QED) is 0.623. The molecule has 2 aromatic heterocycles. The zero-order valence-electron chi connectivity index (χ0n) is 15.8. The van der Waals surface area contributed by atoms with E-state index in [1.165, 1.54) is 0 Å². The van der Waals surface area contributed by atoms with Gasteiger partial charge in [-0.1, -0.05) is 12.1 Å². The second kappa shape index (κ2) is 9.03. The van der Waals surface area contributed by atoms with Gasteiger partial charge in [0, 0.05) is 18.8 Å². The predicted molar refractivity (Wildman–Crippen MR) is 106 cm³/mol. The van der Waals surface area contributed by atoms with Crippen molar-refractivity contribution in [1.29, 1.82) is 0 Å². The van der Waals surface area contributed by atoms with E-state index in [0.717, 1.165) is 42.6 Å². The number of nitrogens with one attached hydrogen (secondary N) is 1. The molecule has 1 unspecified atom stereocenters. The van der Waals surface area contributed by atoms with Crippen molar-refractivity contribution in [3.63, 3.8) is 0 Å². The highest BCUT2D eigenvalue weighted by atomic mass is 16.5. The molecule has 0 spiro atoms. The molecule has 3 aromatic rings. The van der Waals surface area contributed by atoms with Gasteiger partial charge in [-0.3, -0.25) is 5.10 Å². The van der Waals surface area contributed by atoms with Gasteiger partial charge in [-0.2, -0.15) is 5.10 Å². The molecule has 3 heterocycles. The topological polar surface area (TPSA) is 83.5 Å². The number of ether oxygens (including phenoxy) is 2. The second-order valence-electron chi connectivity index (χ2n) is 7.28. The van der Waals surface area contributed by atoms with Crippen LogP contribution in [0.5, 0.6) is 11.6 Å². The van der Waals surface area contributed by atoms with Gasteiger partial charge in [0.2, 0.25) is 5.88 Å². The number of β-amino-alcohol motifs (C(OH)–C–C–N with tert-alkyl or cyclic N) is 1. The zero-order chi connectivity index (χ0) is 19.2. The van der Waals surface area contributed by atoms with E-state index in [2.05, 4.69) is 20.1 Å². The van der Waals surface area contributed by atoms with Crippen LogP contribution in [0, 0.1) is 5.92 Å². The van der Waals surface area contributed by atoms with E-state index >= 15 is 0 Å². The molecule has 148 valence electrons. The third kappa shape index (κ3) is 4.79. The Bertz CT molecular complexity index is 862. The average Bonchev–Trinajstić information content (AvgIpc) is 3.22. The first-order valence-electron chi connectivity index (χ1n) is 9.77. The van der Waals surface area contributed by atoms with Crippen LogP contribution in [0.25, 0.3) is 10.9 Å². The van der Waals surface area contributed by atoms with Crippen LogP contribution >= 0.6 is 0 Å². The number of pyridine rings is 1. The molecule has 1 aliphatic rings. The van der Waals surface area contributed by atoms with Crippen molar-refractivity contribution in [2.45, 2.75) is 18.9 Å². The van der Waals surface area contributed by atoms with E-state index in [9.17, 15) is 5.11 Å². The molecule has 1 saturated heterocycles. The van der Waals surface area contributed by atoms with Gasteiger partial charge in [0.25, 0.3) is 0 Å². The number of nitrogens with zero attached hydrogens (tertiary/aromatic N) is 3. The van der Waals surface area contributed by atoms with Gasteiger partial charge < -0.3 is 19.5 Å². The molecular weight excluding hydrogens is 356 g/mol. The summed E-state index contributed by atoms with van der Waals surface area (Å²) in [6.07, 6.45) is 5.09. The summed E-state index contributed by atoms with van der Waals surface area (Å²) < 4.78 is 11.6. The van der Waals surface area contributed by atoms with Gasteiger partial charge in [-0.15, -0.1) is 0 Å². The summed E-state index contributed by atoms with van der Waals surface area (Å²) in [5.74, 6) is 1.96. The molecule has 7 nitrogen and oxygen atoms in total. The number of piperidine rings is 1. The Kier molecular flexibility index (Phi) is 6.04. The number of H-pyrrole nitrogens is 1. The summed E-state index contributed by atoms with van der Waals surface area (Å²) in [5.41, 5.74) is 0.932. The molecule has 0 radical (unpaired) electrons. The summed E-state index contributed by atoms with van der Waals surface area (Å²) in [6.45, 7) is 3.52. The van der Waals surface area contributed by atoms with Gasteiger partial charge in [-0.05, 0) is 50.0 Å². The van der Waals surface area contributed by atoms with Crippen molar-refractivity contribution in [2.75, 3.05) is 32.8 Å². The fourth-order valence-corrected chi connectivity index (χ4v) is 3.58. The van der Waals surface area contributed by atoms with Crippen LogP contribution in [0.4, 0.5) is 0 Å². The van der Waals surface area contributed by atoms with Crippen molar-refractivity contribution in [3.8, 4) is 11.6 Å². The summed E-state index contributed by atoms with van der Waals surface area (Å²) >= 11 is 0.